The third kappa shape index (κ3) is 3.33. The Hall–Kier alpha value is -1.66. The van der Waals surface area contributed by atoms with Crippen LogP contribution < -0.4 is 9.47 Å². The number of ketones is 2. The highest BCUT2D eigenvalue weighted by Gasteiger charge is 2.24. The molecule has 0 saturated carbocycles. The van der Waals surface area contributed by atoms with Gasteiger partial charge in [-0.3, -0.25) is 9.59 Å². The van der Waals surface area contributed by atoms with Crippen molar-refractivity contribution in [2.45, 2.75) is 6.92 Å². The number of rotatable bonds is 5. The first kappa shape index (κ1) is 15.7. The van der Waals surface area contributed by atoms with Gasteiger partial charge in [0.15, 0.2) is 23.1 Å². The zero-order valence-electron chi connectivity index (χ0n) is 11.8. The van der Waals surface area contributed by atoms with Gasteiger partial charge in [0.2, 0.25) is 0 Å². The molecule has 1 aromatic carbocycles. The van der Waals surface area contributed by atoms with Crippen molar-refractivity contribution in [1.29, 1.82) is 0 Å². The zero-order chi connectivity index (χ0) is 15.4. The summed E-state index contributed by atoms with van der Waals surface area (Å²) in [4.78, 5) is 24.4. The summed E-state index contributed by atoms with van der Waals surface area (Å²) in [6.45, 7) is 1.40. The third-order valence-corrected chi connectivity index (χ3v) is 4.97. The van der Waals surface area contributed by atoms with Crippen molar-refractivity contribution in [3.05, 3.63) is 44.4 Å². The first-order valence-corrected chi connectivity index (χ1v) is 7.84. The normalized spacial score (nSPS) is 13.2. The van der Waals surface area contributed by atoms with E-state index in [1.165, 1.54) is 44.7 Å². The molecule has 4 nitrogen and oxygen atoms in total. The van der Waals surface area contributed by atoms with Crippen LogP contribution in [-0.2, 0) is 4.79 Å². The molecule has 0 bridgehead atoms. The molecule has 0 radical (unpaired) electrons. The fourth-order valence-electron chi connectivity index (χ4n) is 1.84. The molecule has 0 aromatic heterocycles. The fraction of sp³-hybridized carbons (Fsp3) is 0.200. The van der Waals surface area contributed by atoms with Crippen molar-refractivity contribution in [1.82, 2.24) is 0 Å². The summed E-state index contributed by atoms with van der Waals surface area (Å²) >= 11 is 2.77. The molecule has 6 heteroatoms. The van der Waals surface area contributed by atoms with Crippen LogP contribution in [0.15, 0.2) is 38.8 Å². The highest BCUT2D eigenvalue weighted by atomic mass is 32.2. The lowest BCUT2D eigenvalue weighted by atomic mass is 10.0. The van der Waals surface area contributed by atoms with Gasteiger partial charge in [0, 0.05) is 5.56 Å². The van der Waals surface area contributed by atoms with E-state index in [2.05, 4.69) is 0 Å². The Labute approximate surface area is 131 Å². The number of ether oxygens (including phenoxy) is 2. The van der Waals surface area contributed by atoms with E-state index in [9.17, 15) is 9.59 Å². The molecule has 0 saturated heterocycles. The topological polar surface area (TPSA) is 52.6 Å². The number of thioether (sulfide) groups is 2. The van der Waals surface area contributed by atoms with Gasteiger partial charge in [-0.2, -0.15) is 0 Å². The molecule has 1 aliphatic rings. The lowest BCUT2D eigenvalue weighted by Crippen LogP contribution is -2.12. The van der Waals surface area contributed by atoms with Crippen LogP contribution in [0.5, 0.6) is 11.5 Å². The van der Waals surface area contributed by atoms with Gasteiger partial charge >= 0.3 is 0 Å². The molecule has 0 atom stereocenters. The summed E-state index contributed by atoms with van der Waals surface area (Å²) in [5.41, 5.74) is 0.612. The molecule has 21 heavy (non-hydrogen) atoms. The summed E-state index contributed by atoms with van der Waals surface area (Å²) < 4.78 is 11.0. The van der Waals surface area contributed by atoms with Gasteiger partial charge in [0.1, 0.15) is 0 Å². The summed E-state index contributed by atoms with van der Waals surface area (Å²) in [5.74, 6) is 0.453. The second-order valence-corrected chi connectivity index (χ2v) is 6.22. The maximum Gasteiger partial charge on any atom is 0.198 e. The molecule has 1 aromatic rings. The number of Topliss-reactive ketones (excluding diaryl/α,β-unsaturated/α-hetero) is 2. The minimum absolute atomic E-state index is 0.210. The molecule has 0 spiro atoms. The van der Waals surface area contributed by atoms with E-state index in [-0.39, 0.29) is 17.1 Å². The van der Waals surface area contributed by atoms with Crippen molar-refractivity contribution >= 4 is 35.1 Å². The molecule has 110 valence electrons. The van der Waals surface area contributed by atoms with E-state index in [4.69, 9.17) is 9.47 Å². The molecule has 0 unspecified atom stereocenters. The van der Waals surface area contributed by atoms with E-state index in [0.717, 1.165) is 0 Å². The van der Waals surface area contributed by atoms with Crippen LogP contribution in [0, 0.1) is 0 Å². The van der Waals surface area contributed by atoms with Crippen molar-refractivity contribution in [2.75, 3.05) is 14.2 Å². The standard InChI is InChI=1S/C15H14O4S2/c1-9(16)13(15-20-6-7-21-15)14(17)10-4-5-11(18-2)12(8-10)19-3/h4-8H,1-3H3. The van der Waals surface area contributed by atoms with E-state index in [1.807, 2.05) is 10.8 Å². The van der Waals surface area contributed by atoms with Crippen LogP contribution in [0.3, 0.4) is 0 Å². The maximum atomic E-state index is 12.6. The summed E-state index contributed by atoms with van der Waals surface area (Å²) in [6, 6.07) is 4.87. The Morgan fingerprint density at radius 1 is 1.00 bits per heavy atom. The molecule has 0 amide bonds. The Kier molecular flexibility index (Phi) is 5.14. The second-order valence-electron chi connectivity index (χ2n) is 4.13. The highest BCUT2D eigenvalue weighted by Crippen LogP contribution is 2.41. The van der Waals surface area contributed by atoms with Gasteiger partial charge in [-0.1, -0.05) is 23.5 Å². The third-order valence-electron chi connectivity index (χ3n) is 2.83. The zero-order valence-corrected chi connectivity index (χ0v) is 13.5. The van der Waals surface area contributed by atoms with Gasteiger partial charge < -0.3 is 9.47 Å². The molecule has 1 heterocycles. The average Bonchev–Trinajstić information content (AvgIpc) is 3.00. The first-order chi connectivity index (χ1) is 10.1. The lowest BCUT2D eigenvalue weighted by molar-refractivity contribution is -0.113. The molecule has 0 fully saturated rings. The largest absolute Gasteiger partial charge is 0.493 e. The number of carbonyl (C=O) groups excluding carboxylic acids is 2. The number of carbonyl (C=O) groups is 2. The first-order valence-electron chi connectivity index (χ1n) is 6.08. The van der Waals surface area contributed by atoms with Gasteiger partial charge in [0.05, 0.1) is 24.0 Å². The van der Waals surface area contributed by atoms with Gasteiger partial charge in [0.25, 0.3) is 0 Å². The SMILES string of the molecule is COc1ccc(C(=O)C(C(C)=O)=C2SC=CS2)cc1OC. The molecular formula is C15H14O4S2. The van der Waals surface area contributed by atoms with Gasteiger partial charge in [-0.05, 0) is 35.9 Å². The Balaban J connectivity index is 2.43. The van der Waals surface area contributed by atoms with Crippen molar-refractivity contribution in [3.63, 3.8) is 0 Å². The monoisotopic (exact) mass is 322 g/mol. The lowest BCUT2D eigenvalue weighted by Gasteiger charge is -2.10. The van der Waals surface area contributed by atoms with Crippen LogP contribution >= 0.6 is 23.5 Å². The minimum atomic E-state index is -0.304. The highest BCUT2D eigenvalue weighted by molar-refractivity contribution is 8.27. The van der Waals surface area contributed by atoms with Gasteiger partial charge in [-0.15, -0.1) is 0 Å². The van der Waals surface area contributed by atoms with Gasteiger partial charge in [-0.25, -0.2) is 0 Å². The maximum absolute atomic E-state index is 12.6. The fourth-order valence-corrected chi connectivity index (χ4v) is 3.80. The van der Waals surface area contributed by atoms with Crippen LogP contribution in [0.4, 0.5) is 0 Å². The van der Waals surface area contributed by atoms with Crippen molar-refractivity contribution in [2.24, 2.45) is 0 Å². The Bertz CT molecular complexity index is 637. The molecular weight excluding hydrogens is 308 g/mol. The van der Waals surface area contributed by atoms with Crippen LogP contribution in [0.2, 0.25) is 0 Å². The van der Waals surface area contributed by atoms with Crippen molar-refractivity contribution in [3.8, 4) is 11.5 Å². The minimum Gasteiger partial charge on any atom is -0.493 e. The predicted octanol–water partition coefficient (Wildman–Crippen LogP) is 3.64. The smallest absolute Gasteiger partial charge is 0.198 e. The van der Waals surface area contributed by atoms with E-state index in [1.54, 1.807) is 18.2 Å². The van der Waals surface area contributed by atoms with E-state index in [0.29, 0.717) is 21.3 Å². The molecule has 0 N–H and O–H groups in total. The van der Waals surface area contributed by atoms with E-state index >= 15 is 0 Å². The number of allylic oxidation sites excluding steroid dienone is 1. The predicted molar refractivity (Wildman–Crippen MR) is 85.9 cm³/mol. The summed E-state index contributed by atoms with van der Waals surface area (Å²) in [6.07, 6.45) is 0. The number of hydrogen-bond acceptors (Lipinski definition) is 6. The van der Waals surface area contributed by atoms with Crippen molar-refractivity contribution < 1.29 is 19.1 Å². The number of benzene rings is 1. The summed E-state index contributed by atoms with van der Waals surface area (Å²) in [7, 11) is 3.03. The second kappa shape index (κ2) is 6.87. The Morgan fingerprint density at radius 2 is 1.62 bits per heavy atom. The van der Waals surface area contributed by atoms with Crippen LogP contribution in [-0.4, -0.2) is 25.8 Å². The quantitative estimate of drug-likeness (QED) is 0.357. The average molecular weight is 322 g/mol. The molecule has 1 aliphatic heterocycles. The van der Waals surface area contributed by atoms with Crippen LogP contribution in [0.1, 0.15) is 17.3 Å². The number of methoxy groups -OCH3 is 2. The summed E-state index contributed by atoms with van der Waals surface area (Å²) in [5, 5.41) is 3.70. The molecule has 2 rings (SSSR count). The Morgan fingerprint density at radius 3 is 2.14 bits per heavy atom. The van der Waals surface area contributed by atoms with Crippen LogP contribution in [0.25, 0.3) is 0 Å². The van der Waals surface area contributed by atoms with E-state index < -0.39 is 0 Å². The molecule has 0 aliphatic carbocycles. The number of hydrogen-bond donors (Lipinski definition) is 0.